The normalized spacial score (nSPS) is 11.7. The van der Waals surface area contributed by atoms with E-state index < -0.39 is 16.9 Å². The summed E-state index contributed by atoms with van der Waals surface area (Å²) in [5, 5.41) is 4.39. The Hall–Kier alpha value is -3.22. The molecule has 0 aliphatic carbocycles. The van der Waals surface area contributed by atoms with Gasteiger partial charge in [-0.05, 0) is 32.0 Å². The molecule has 2 heterocycles. The molecule has 2 aromatic heterocycles. The van der Waals surface area contributed by atoms with E-state index >= 15 is 0 Å². The van der Waals surface area contributed by atoms with Crippen molar-refractivity contribution >= 4 is 16.8 Å². The van der Waals surface area contributed by atoms with Crippen LogP contribution in [0.2, 0.25) is 0 Å². The Bertz CT molecular complexity index is 1250. The van der Waals surface area contributed by atoms with Crippen molar-refractivity contribution in [3.63, 3.8) is 0 Å². The molecule has 0 bridgehead atoms. The Balaban J connectivity index is 2.06. The van der Waals surface area contributed by atoms with Gasteiger partial charge >= 0.3 is 11.1 Å². The van der Waals surface area contributed by atoms with Crippen molar-refractivity contribution in [2.24, 2.45) is 0 Å². The van der Waals surface area contributed by atoms with E-state index in [4.69, 9.17) is 0 Å². The number of imidazole rings is 1. The van der Waals surface area contributed by atoms with E-state index in [2.05, 4.69) is 5.10 Å². The van der Waals surface area contributed by atoms with Crippen LogP contribution < -0.4 is 11.1 Å². The lowest BCUT2D eigenvalue weighted by molar-refractivity contribution is 0.555. The van der Waals surface area contributed by atoms with Crippen LogP contribution in [0.1, 0.15) is 25.5 Å². The lowest BCUT2D eigenvalue weighted by Crippen LogP contribution is -2.40. The highest BCUT2D eigenvalue weighted by atomic mass is 19.1. The molecule has 132 valence electrons. The van der Waals surface area contributed by atoms with Gasteiger partial charge in [-0.3, -0.25) is 9.59 Å². The first-order valence-electron chi connectivity index (χ1n) is 8.35. The summed E-state index contributed by atoms with van der Waals surface area (Å²) >= 11 is 0. The van der Waals surface area contributed by atoms with Crippen LogP contribution in [0, 0.1) is 5.82 Å². The summed E-state index contributed by atoms with van der Waals surface area (Å²) in [6.07, 6.45) is 0. The molecule has 0 unspecified atom stereocenters. The zero-order valence-corrected chi connectivity index (χ0v) is 14.4. The molecule has 2 aromatic carbocycles. The second kappa shape index (κ2) is 5.94. The van der Waals surface area contributed by atoms with Crippen molar-refractivity contribution in [3.05, 3.63) is 80.6 Å². The third kappa shape index (κ3) is 2.35. The van der Waals surface area contributed by atoms with Gasteiger partial charge < -0.3 is 4.57 Å². The molecule has 0 aliphatic rings. The van der Waals surface area contributed by atoms with Crippen molar-refractivity contribution in [2.45, 2.75) is 26.4 Å². The van der Waals surface area contributed by atoms with Crippen molar-refractivity contribution < 1.29 is 4.39 Å². The van der Waals surface area contributed by atoms with E-state index in [1.165, 1.54) is 10.5 Å². The number of hydrogen-bond acceptors (Lipinski definition) is 3. The first-order valence-corrected chi connectivity index (χ1v) is 8.35. The van der Waals surface area contributed by atoms with E-state index in [0.717, 1.165) is 10.2 Å². The van der Waals surface area contributed by atoms with E-state index in [1.807, 2.05) is 36.6 Å². The van der Waals surface area contributed by atoms with E-state index in [9.17, 15) is 14.0 Å². The van der Waals surface area contributed by atoms with Gasteiger partial charge in [-0.1, -0.05) is 30.3 Å². The van der Waals surface area contributed by atoms with Crippen molar-refractivity contribution in [1.82, 2.24) is 18.7 Å². The average Bonchev–Trinajstić information content (AvgIpc) is 2.95. The number of benzene rings is 2. The minimum absolute atomic E-state index is 0.0243. The molecule has 0 radical (unpaired) electrons. The molecule has 6 nitrogen and oxygen atoms in total. The molecule has 0 fully saturated rings. The Morgan fingerprint density at radius 3 is 2.31 bits per heavy atom. The first-order chi connectivity index (χ1) is 12.5. The van der Waals surface area contributed by atoms with Gasteiger partial charge in [0.05, 0.1) is 17.6 Å². The lowest BCUT2D eigenvalue weighted by atomic mass is 10.2. The smallest absolute Gasteiger partial charge is 0.306 e. The quantitative estimate of drug-likeness (QED) is 0.533. The standard InChI is InChI=1S/C19H17FN4O2/c1-12(2)23-15-9-5-6-10-16(15)24-18(26)17(25)22(21-19(23)24)11-13-7-3-4-8-14(13)20/h3-10,12H,11H2,1-2H3. The summed E-state index contributed by atoms with van der Waals surface area (Å²) in [6, 6.07) is 13.5. The van der Waals surface area contributed by atoms with Gasteiger partial charge in [0.1, 0.15) is 5.82 Å². The maximum Gasteiger partial charge on any atom is 0.333 e. The van der Waals surface area contributed by atoms with Crippen molar-refractivity contribution in [2.75, 3.05) is 0 Å². The predicted molar refractivity (Wildman–Crippen MR) is 97.1 cm³/mol. The van der Waals surface area contributed by atoms with Crippen LogP contribution >= 0.6 is 0 Å². The Labute approximate surface area is 147 Å². The fourth-order valence-corrected chi connectivity index (χ4v) is 3.24. The zero-order chi connectivity index (χ0) is 18.4. The second-order valence-electron chi connectivity index (χ2n) is 6.45. The van der Waals surface area contributed by atoms with Gasteiger partial charge in [-0.15, -0.1) is 5.10 Å². The van der Waals surface area contributed by atoms with E-state index in [1.54, 1.807) is 24.3 Å². The summed E-state index contributed by atoms with van der Waals surface area (Å²) in [7, 11) is 0. The molecule has 0 saturated heterocycles. The Morgan fingerprint density at radius 2 is 1.62 bits per heavy atom. The minimum atomic E-state index is -0.780. The number of fused-ring (bicyclic) bond motifs is 3. The maximum atomic E-state index is 14.0. The van der Waals surface area contributed by atoms with Crippen molar-refractivity contribution in [1.29, 1.82) is 0 Å². The highest BCUT2D eigenvalue weighted by molar-refractivity contribution is 5.80. The number of nitrogens with zero attached hydrogens (tertiary/aromatic N) is 4. The predicted octanol–water partition coefficient (Wildman–Crippen LogP) is 2.58. The molecular formula is C19H17FN4O2. The first kappa shape index (κ1) is 16.3. The highest BCUT2D eigenvalue weighted by Crippen LogP contribution is 2.22. The Kier molecular flexibility index (Phi) is 3.72. The molecule has 0 aliphatic heterocycles. The van der Waals surface area contributed by atoms with Gasteiger partial charge in [-0.25, -0.2) is 13.5 Å². The maximum absolute atomic E-state index is 14.0. The molecule has 26 heavy (non-hydrogen) atoms. The fourth-order valence-electron chi connectivity index (χ4n) is 3.24. The third-order valence-electron chi connectivity index (χ3n) is 4.42. The number of halogens is 1. The molecule has 0 saturated carbocycles. The highest BCUT2D eigenvalue weighted by Gasteiger charge is 2.19. The minimum Gasteiger partial charge on any atom is -0.306 e. The van der Waals surface area contributed by atoms with Gasteiger partial charge in [0.15, 0.2) is 0 Å². The summed E-state index contributed by atoms with van der Waals surface area (Å²) in [5.74, 6) is -0.0760. The molecule has 0 N–H and O–H groups in total. The fraction of sp³-hybridized carbons (Fsp3) is 0.211. The largest absolute Gasteiger partial charge is 0.333 e. The van der Waals surface area contributed by atoms with Crippen LogP contribution in [0.15, 0.2) is 58.1 Å². The topological polar surface area (TPSA) is 61.3 Å². The van der Waals surface area contributed by atoms with E-state index in [0.29, 0.717) is 16.9 Å². The van der Waals surface area contributed by atoms with Gasteiger partial charge in [0.2, 0.25) is 5.78 Å². The van der Waals surface area contributed by atoms with Crippen LogP contribution in [0.4, 0.5) is 4.39 Å². The van der Waals surface area contributed by atoms with Crippen LogP contribution in [-0.2, 0) is 6.54 Å². The third-order valence-corrected chi connectivity index (χ3v) is 4.42. The summed E-state index contributed by atoms with van der Waals surface area (Å²) < 4.78 is 18.2. The van der Waals surface area contributed by atoms with Gasteiger partial charge in [0, 0.05) is 11.6 Å². The summed E-state index contributed by atoms with van der Waals surface area (Å²) in [6.45, 7) is 3.85. The number of para-hydroxylation sites is 2. The van der Waals surface area contributed by atoms with Gasteiger partial charge in [-0.2, -0.15) is 0 Å². The lowest BCUT2D eigenvalue weighted by Gasteiger charge is -2.11. The number of aromatic nitrogens is 4. The molecular weight excluding hydrogens is 335 g/mol. The summed E-state index contributed by atoms with van der Waals surface area (Å²) in [4.78, 5) is 25.3. The van der Waals surface area contributed by atoms with Crippen LogP contribution in [0.5, 0.6) is 0 Å². The zero-order valence-electron chi connectivity index (χ0n) is 14.4. The molecule has 0 amide bonds. The van der Waals surface area contributed by atoms with E-state index in [-0.39, 0.29) is 12.6 Å². The van der Waals surface area contributed by atoms with Crippen molar-refractivity contribution in [3.8, 4) is 0 Å². The summed E-state index contributed by atoms with van der Waals surface area (Å²) in [5.41, 5.74) is 0.274. The van der Waals surface area contributed by atoms with Crippen LogP contribution in [0.3, 0.4) is 0 Å². The SMILES string of the molecule is CC(C)n1c2ccccc2n2c(=O)c(=O)n(Cc3ccccc3F)nc12. The monoisotopic (exact) mass is 352 g/mol. The number of hydrogen-bond donors (Lipinski definition) is 0. The van der Waals surface area contributed by atoms with Crippen LogP contribution in [-0.4, -0.2) is 18.7 Å². The molecule has 4 rings (SSSR count). The van der Waals surface area contributed by atoms with Crippen LogP contribution in [0.25, 0.3) is 16.8 Å². The molecule has 4 aromatic rings. The Morgan fingerprint density at radius 1 is 0.962 bits per heavy atom. The molecule has 0 spiro atoms. The average molecular weight is 352 g/mol. The number of rotatable bonds is 3. The van der Waals surface area contributed by atoms with Gasteiger partial charge in [0.25, 0.3) is 0 Å². The molecule has 7 heteroatoms. The second-order valence-corrected chi connectivity index (χ2v) is 6.45. The molecule has 0 atom stereocenters.